The van der Waals surface area contributed by atoms with E-state index in [-0.39, 0.29) is 22.9 Å². The van der Waals surface area contributed by atoms with Crippen LogP contribution in [0.3, 0.4) is 0 Å². The quantitative estimate of drug-likeness (QED) is 0.536. The maximum atomic E-state index is 14.5. The summed E-state index contributed by atoms with van der Waals surface area (Å²) in [4.78, 5) is 31.6. The van der Waals surface area contributed by atoms with Crippen molar-refractivity contribution in [3.63, 3.8) is 0 Å². The highest BCUT2D eigenvalue weighted by atomic mass is 32.2. The van der Waals surface area contributed by atoms with Gasteiger partial charge in [-0.2, -0.15) is 0 Å². The number of nitrogens with zero attached hydrogens (tertiary/aromatic N) is 2. The summed E-state index contributed by atoms with van der Waals surface area (Å²) >= 11 is 2.68. The van der Waals surface area contributed by atoms with Gasteiger partial charge in [-0.1, -0.05) is 23.9 Å². The van der Waals surface area contributed by atoms with E-state index >= 15 is 0 Å². The zero-order valence-corrected chi connectivity index (χ0v) is 16.4. The summed E-state index contributed by atoms with van der Waals surface area (Å²) in [5.41, 5.74) is 0.961. The zero-order chi connectivity index (χ0) is 19.0. The predicted octanol–water partition coefficient (Wildman–Crippen LogP) is 3.30. The Balaban J connectivity index is 1.96. The maximum Gasteiger partial charge on any atom is 0.267 e. The molecule has 0 unspecified atom stereocenters. The first-order valence-electron chi connectivity index (χ1n) is 8.75. The Morgan fingerprint density at radius 2 is 2.11 bits per heavy atom. The van der Waals surface area contributed by atoms with E-state index in [1.54, 1.807) is 36.6 Å². The van der Waals surface area contributed by atoms with Crippen molar-refractivity contribution in [2.45, 2.75) is 30.8 Å². The van der Waals surface area contributed by atoms with Crippen molar-refractivity contribution in [2.24, 2.45) is 0 Å². The molecule has 1 amide bonds. The number of hydrogen-bond acceptors (Lipinski definition) is 5. The van der Waals surface area contributed by atoms with Gasteiger partial charge >= 0.3 is 0 Å². The van der Waals surface area contributed by atoms with E-state index in [1.165, 1.54) is 15.5 Å². The van der Waals surface area contributed by atoms with Gasteiger partial charge in [-0.3, -0.25) is 14.2 Å². The Kier molecular flexibility index (Phi) is 5.01. The van der Waals surface area contributed by atoms with Crippen molar-refractivity contribution < 1.29 is 9.18 Å². The van der Waals surface area contributed by atoms with Crippen molar-refractivity contribution in [1.29, 1.82) is 0 Å². The molecule has 140 valence electrons. The third-order valence-electron chi connectivity index (χ3n) is 4.66. The number of benzene rings is 1. The first kappa shape index (κ1) is 18.2. The molecule has 1 aliphatic rings. The topological polar surface area (TPSA) is 64.0 Å². The Labute approximate surface area is 163 Å². The van der Waals surface area contributed by atoms with Crippen molar-refractivity contribution in [3.8, 4) is 5.69 Å². The molecular formula is C19H18FN3O2S2. The van der Waals surface area contributed by atoms with Crippen LogP contribution in [-0.4, -0.2) is 28.3 Å². The van der Waals surface area contributed by atoms with Crippen LogP contribution in [0.4, 0.5) is 4.39 Å². The Bertz CT molecular complexity index is 1090. The van der Waals surface area contributed by atoms with E-state index in [1.807, 2.05) is 0 Å². The van der Waals surface area contributed by atoms with E-state index in [4.69, 9.17) is 0 Å². The van der Waals surface area contributed by atoms with Gasteiger partial charge < -0.3 is 5.32 Å². The summed E-state index contributed by atoms with van der Waals surface area (Å²) in [6.07, 6.45) is 3.97. The molecule has 2 heterocycles. The highest BCUT2D eigenvalue weighted by Gasteiger charge is 2.24. The molecule has 1 N–H and O–H groups in total. The zero-order valence-electron chi connectivity index (χ0n) is 14.8. The predicted molar refractivity (Wildman–Crippen MR) is 107 cm³/mol. The van der Waals surface area contributed by atoms with Crippen LogP contribution in [0.25, 0.3) is 15.9 Å². The van der Waals surface area contributed by atoms with Gasteiger partial charge in [0.25, 0.3) is 5.56 Å². The minimum atomic E-state index is -0.494. The van der Waals surface area contributed by atoms with Gasteiger partial charge in [-0.25, -0.2) is 9.37 Å². The number of rotatable bonds is 4. The van der Waals surface area contributed by atoms with Crippen LogP contribution >= 0.6 is 23.1 Å². The minimum absolute atomic E-state index is 0.105. The number of carbonyl (C=O) groups excluding carboxylic acids is 1. The van der Waals surface area contributed by atoms with Crippen molar-refractivity contribution in [2.75, 3.05) is 12.8 Å². The van der Waals surface area contributed by atoms with Gasteiger partial charge in [0.05, 0.1) is 16.8 Å². The fraction of sp³-hybridized carbons (Fsp3) is 0.316. The molecule has 0 spiro atoms. The van der Waals surface area contributed by atoms with E-state index in [0.717, 1.165) is 43.0 Å². The molecule has 0 bridgehead atoms. The fourth-order valence-corrected chi connectivity index (χ4v) is 5.51. The molecule has 0 fully saturated rings. The smallest absolute Gasteiger partial charge is 0.267 e. The van der Waals surface area contributed by atoms with E-state index in [0.29, 0.717) is 15.4 Å². The van der Waals surface area contributed by atoms with Gasteiger partial charge in [-0.05, 0) is 43.4 Å². The number of thioether (sulfide) groups is 1. The maximum absolute atomic E-state index is 14.5. The SMILES string of the molecule is CNC(=O)CSc1nc2sc3c(c2c(=O)n1-c1ccccc1F)CCCC3. The summed E-state index contributed by atoms with van der Waals surface area (Å²) in [5, 5.41) is 3.48. The van der Waals surface area contributed by atoms with Crippen LogP contribution in [0.15, 0.2) is 34.2 Å². The van der Waals surface area contributed by atoms with Gasteiger partial charge in [0.2, 0.25) is 5.91 Å². The average molecular weight is 404 g/mol. The largest absolute Gasteiger partial charge is 0.358 e. The monoisotopic (exact) mass is 403 g/mol. The van der Waals surface area contributed by atoms with Crippen LogP contribution in [-0.2, 0) is 17.6 Å². The number of aromatic nitrogens is 2. The second-order valence-corrected chi connectivity index (χ2v) is 8.37. The van der Waals surface area contributed by atoms with Crippen molar-refractivity contribution in [3.05, 3.63) is 50.9 Å². The van der Waals surface area contributed by atoms with E-state index in [9.17, 15) is 14.0 Å². The fourth-order valence-electron chi connectivity index (χ4n) is 3.33. The number of hydrogen-bond donors (Lipinski definition) is 1. The van der Waals surface area contributed by atoms with Crippen molar-refractivity contribution >= 4 is 39.2 Å². The number of amides is 1. The molecular weight excluding hydrogens is 385 g/mol. The second-order valence-electron chi connectivity index (χ2n) is 6.34. The number of nitrogens with one attached hydrogen (secondary N) is 1. The Morgan fingerprint density at radius 1 is 1.33 bits per heavy atom. The summed E-state index contributed by atoms with van der Waals surface area (Å²) in [5.74, 6) is -0.569. The molecule has 0 saturated carbocycles. The third kappa shape index (κ3) is 3.27. The number of carbonyl (C=O) groups is 1. The lowest BCUT2D eigenvalue weighted by molar-refractivity contribution is -0.118. The molecule has 5 nitrogen and oxygen atoms in total. The van der Waals surface area contributed by atoms with Gasteiger partial charge in [0, 0.05) is 11.9 Å². The van der Waals surface area contributed by atoms with E-state index < -0.39 is 5.82 Å². The highest BCUT2D eigenvalue weighted by molar-refractivity contribution is 7.99. The summed E-state index contributed by atoms with van der Waals surface area (Å²) in [6.45, 7) is 0. The van der Waals surface area contributed by atoms with Crippen LogP contribution < -0.4 is 10.9 Å². The summed E-state index contributed by atoms with van der Waals surface area (Å²) in [6, 6.07) is 6.15. The molecule has 0 atom stereocenters. The summed E-state index contributed by atoms with van der Waals surface area (Å²) in [7, 11) is 1.55. The average Bonchev–Trinajstić information content (AvgIpc) is 3.05. The lowest BCUT2D eigenvalue weighted by atomic mass is 9.97. The second kappa shape index (κ2) is 7.44. The van der Waals surface area contributed by atoms with Gasteiger partial charge in [-0.15, -0.1) is 11.3 Å². The van der Waals surface area contributed by atoms with Crippen molar-refractivity contribution in [1.82, 2.24) is 14.9 Å². The molecule has 1 aromatic carbocycles. The highest BCUT2D eigenvalue weighted by Crippen LogP contribution is 2.35. The molecule has 0 radical (unpaired) electrons. The number of fused-ring (bicyclic) bond motifs is 3. The number of thiophene rings is 1. The minimum Gasteiger partial charge on any atom is -0.358 e. The lowest BCUT2D eigenvalue weighted by Crippen LogP contribution is -2.25. The molecule has 4 rings (SSSR count). The Hall–Kier alpha value is -2.19. The van der Waals surface area contributed by atoms with Gasteiger partial charge in [0.1, 0.15) is 10.6 Å². The molecule has 3 aromatic rings. The number of halogens is 1. The first-order valence-corrected chi connectivity index (χ1v) is 10.6. The first-order chi connectivity index (χ1) is 13.1. The molecule has 8 heteroatoms. The molecule has 2 aromatic heterocycles. The van der Waals surface area contributed by atoms with Gasteiger partial charge in [0.15, 0.2) is 5.16 Å². The molecule has 27 heavy (non-hydrogen) atoms. The standard InChI is InChI=1S/C19H18FN3O2S2/c1-21-15(24)10-26-19-22-17-16(11-6-2-5-9-14(11)27-17)18(25)23(19)13-8-4-3-7-12(13)20/h3-4,7-8H,2,5-6,9-10H2,1H3,(H,21,24). The van der Waals surface area contributed by atoms with Crippen LogP contribution in [0, 0.1) is 5.82 Å². The third-order valence-corrected chi connectivity index (χ3v) is 6.79. The van der Waals surface area contributed by atoms with E-state index in [2.05, 4.69) is 10.3 Å². The van der Waals surface area contributed by atoms with Crippen LogP contribution in [0.1, 0.15) is 23.3 Å². The molecule has 0 saturated heterocycles. The normalized spacial score (nSPS) is 13.6. The number of aryl methyl sites for hydroxylation is 2. The summed E-state index contributed by atoms with van der Waals surface area (Å²) < 4.78 is 15.8. The van der Waals surface area contributed by atoms with Crippen LogP contribution in [0.5, 0.6) is 0 Å². The lowest BCUT2D eigenvalue weighted by Gasteiger charge is -2.14. The van der Waals surface area contributed by atoms with Crippen LogP contribution in [0.2, 0.25) is 0 Å². The molecule has 0 aliphatic heterocycles. The molecule has 1 aliphatic carbocycles. The number of para-hydroxylation sites is 1. The Morgan fingerprint density at radius 3 is 2.89 bits per heavy atom.